The van der Waals surface area contributed by atoms with E-state index >= 15 is 0 Å². The van der Waals surface area contributed by atoms with Crippen LogP contribution in [-0.4, -0.2) is 50.0 Å². The van der Waals surface area contributed by atoms with Gasteiger partial charge in [-0.1, -0.05) is 46.9 Å². The Morgan fingerprint density at radius 2 is 1.61 bits per heavy atom. The minimum atomic E-state index is -0.308. The molecule has 3 aromatic rings. The van der Waals surface area contributed by atoms with E-state index in [-0.39, 0.29) is 11.8 Å². The quantitative estimate of drug-likeness (QED) is 0.372. The highest BCUT2D eigenvalue weighted by atomic mass is 35.5. The van der Waals surface area contributed by atoms with Crippen LogP contribution in [0.25, 0.3) is 6.08 Å². The van der Waals surface area contributed by atoms with Crippen LogP contribution in [0.4, 0.5) is 11.4 Å². The van der Waals surface area contributed by atoms with Gasteiger partial charge in [0.25, 0.3) is 5.91 Å². The Kier molecular flexibility index (Phi) is 8.41. The molecule has 0 spiro atoms. The summed E-state index contributed by atoms with van der Waals surface area (Å²) in [6.07, 6.45) is 3.01. The third-order valence-corrected chi connectivity index (χ3v) is 6.57. The highest BCUT2D eigenvalue weighted by Crippen LogP contribution is 2.33. The number of hydrogen-bond donors (Lipinski definition) is 1. The number of methoxy groups -OCH3 is 1. The lowest BCUT2D eigenvalue weighted by atomic mass is 10.1. The molecule has 1 saturated heterocycles. The van der Waals surface area contributed by atoms with E-state index in [0.29, 0.717) is 63.8 Å². The van der Waals surface area contributed by atoms with E-state index in [0.717, 1.165) is 5.69 Å². The number of benzene rings is 3. The summed E-state index contributed by atoms with van der Waals surface area (Å²) in [6, 6.07) is 17.8. The lowest BCUT2D eigenvalue weighted by Gasteiger charge is -2.37. The summed E-state index contributed by atoms with van der Waals surface area (Å²) in [5, 5.41) is 4.35. The maximum atomic E-state index is 12.8. The third-order valence-electron chi connectivity index (χ3n) is 5.82. The Labute approximate surface area is 225 Å². The molecule has 0 aromatic heterocycles. The summed E-state index contributed by atoms with van der Waals surface area (Å²) >= 11 is 18.2. The summed E-state index contributed by atoms with van der Waals surface area (Å²) in [5.41, 5.74) is 2.78. The average molecular weight is 545 g/mol. The van der Waals surface area contributed by atoms with Gasteiger partial charge >= 0.3 is 0 Å². The van der Waals surface area contributed by atoms with E-state index in [1.54, 1.807) is 42.5 Å². The Bertz CT molecular complexity index is 1290. The Morgan fingerprint density at radius 1 is 0.917 bits per heavy atom. The minimum absolute atomic E-state index is 0.0189. The van der Waals surface area contributed by atoms with Gasteiger partial charge in [-0.3, -0.25) is 9.59 Å². The molecular formula is C27H24Cl3N3O3. The smallest absolute Gasteiger partial charge is 0.253 e. The van der Waals surface area contributed by atoms with Crippen LogP contribution < -0.4 is 15.0 Å². The fourth-order valence-corrected chi connectivity index (χ4v) is 4.75. The molecule has 1 aliphatic rings. The lowest BCUT2D eigenvalue weighted by Crippen LogP contribution is -2.49. The number of nitrogens with zero attached hydrogens (tertiary/aromatic N) is 2. The number of halogens is 3. The molecular weight excluding hydrogens is 521 g/mol. The molecule has 6 nitrogen and oxygen atoms in total. The highest BCUT2D eigenvalue weighted by Gasteiger charge is 2.23. The van der Waals surface area contributed by atoms with Crippen LogP contribution in [0.15, 0.2) is 66.7 Å². The molecule has 1 aliphatic heterocycles. The second-order valence-electron chi connectivity index (χ2n) is 8.14. The molecule has 0 unspecified atom stereocenters. The SMILES string of the molecule is COc1c(Cl)cc(Cl)cc1C=CC(=O)Nc1ccccc1N1CCN(C(=O)c2ccc(Cl)cc2)CC1. The van der Waals surface area contributed by atoms with Crippen molar-refractivity contribution in [2.45, 2.75) is 0 Å². The van der Waals surface area contributed by atoms with Crippen LogP contribution in [0, 0.1) is 0 Å². The summed E-state index contributed by atoms with van der Waals surface area (Å²) in [4.78, 5) is 29.5. The fourth-order valence-electron chi connectivity index (χ4n) is 4.04. The van der Waals surface area contributed by atoms with Crippen LogP contribution in [0.1, 0.15) is 15.9 Å². The molecule has 2 amide bonds. The molecule has 0 bridgehead atoms. The Hall–Kier alpha value is -3.19. The van der Waals surface area contributed by atoms with Crippen molar-refractivity contribution in [1.29, 1.82) is 0 Å². The standard InChI is InChI=1S/C27H24Cl3N3O3/c1-36-26-19(16-21(29)17-22(26)30)8-11-25(34)31-23-4-2-3-5-24(23)32-12-14-33(15-13-32)27(35)18-6-9-20(28)10-7-18/h2-11,16-17H,12-15H2,1H3,(H,31,34). The third kappa shape index (κ3) is 6.13. The van der Waals surface area contributed by atoms with Crippen molar-refractivity contribution in [3.63, 3.8) is 0 Å². The summed E-state index contributed by atoms with van der Waals surface area (Å²) in [5.74, 6) is 0.114. The molecule has 0 saturated carbocycles. The molecule has 0 atom stereocenters. The number of hydrogen-bond acceptors (Lipinski definition) is 4. The summed E-state index contributed by atoms with van der Waals surface area (Å²) in [6.45, 7) is 2.42. The number of amides is 2. The number of para-hydroxylation sites is 2. The van der Waals surface area contributed by atoms with E-state index in [4.69, 9.17) is 39.5 Å². The van der Waals surface area contributed by atoms with Gasteiger partial charge in [-0.25, -0.2) is 0 Å². The number of carbonyl (C=O) groups is 2. The second kappa shape index (κ2) is 11.7. The molecule has 1 heterocycles. The Balaban J connectivity index is 1.42. The molecule has 0 aliphatic carbocycles. The van der Waals surface area contributed by atoms with Crippen molar-refractivity contribution in [3.05, 3.63) is 92.9 Å². The molecule has 1 fully saturated rings. The van der Waals surface area contributed by atoms with Crippen molar-refractivity contribution < 1.29 is 14.3 Å². The van der Waals surface area contributed by atoms with Gasteiger partial charge < -0.3 is 19.9 Å². The normalized spacial score (nSPS) is 13.7. The molecule has 1 N–H and O–H groups in total. The van der Waals surface area contributed by atoms with E-state index in [2.05, 4.69) is 10.2 Å². The summed E-state index contributed by atoms with van der Waals surface area (Å²) in [7, 11) is 1.51. The number of ether oxygens (including phenoxy) is 1. The molecule has 36 heavy (non-hydrogen) atoms. The van der Waals surface area contributed by atoms with Crippen molar-refractivity contribution in [1.82, 2.24) is 4.90 Å². The van der Waals surface area contributed by atoms with Gasteiger partial charge in [0.15, 0.2) is 0 Å². The molecule has 4 rings (SSSR count). The molecule has 3 aromatic carbocycles. The second-order valence-corrected chi connectivity index (χ2v) is 9.42. The minimum Gasteiger partial charge on any atom is -0.495 e. The summed E-state index contributed by atoms with van der Waals surface area (Å²) < 4.78 is 5.32. The molecule has 9 heteroatoms. The predicted octanol–water partition coefficient (Wildman–Crippen LogP) is 6.27. The van der Waals surface area contributed by atoms with E-state index in [1.807, 2.05) is 29.2 Å². The first kappa shape index (κ1) is 25.9. The number of anilines is 2. The van der Waals surface area contributed by atoms with Crippen molar-refractivity contribution in [2.24, 2.45) is 0 Å². The fraction of sp³-hybridized carbons (Fsp3) is 0.185. The van der Waals surface area contributed by atoms with E-state index in [9.17, 15) is 9.59 Å². The number of piperazine rings is 1. The van der Waals surface area contributed by atoms with Crippen LogP contribution in [-0.2, 0) is 4.79 Å². The largest absolute Gasteiger partial charge is 0.495 e. The molecule has 0 radical (unpaired) electrons. The number of nitrogens with one attached hydrogen (secondary N) is 1. The van der Waals surface area contributed by atoms with Crippen LogP contribution >= 0.6 is 34.8 Å². The zero-order valence-electron chi connectivity index (χ0n) is 19.5. The van der Waals surface area contributed by atoms with Gasteiger partial charge in [0.1, 0.15) is 5.75 Å². The van der Waals surface area contributed by atoms with E-state index in [1.165, 1.54) is 13.2 Å². The topological polar surface area (TPSA) is 61.9 Å². The van der Waals surface area contributed by atoms with Crippen molar-refractivity contribution >= 4 is 64.1 Å². The van der Waals surface area contributed by atoms with Crippen LogP contribution in [0.2, 0.25) is 15.1 Å². The van der Waals surface area contributed by atoms with Gasteiger partial charge in [0.05, 0.1) is 23.5 Å². The van der Waals surface area contributed by atoms with Crippen LogP contribution in [0.3, 0.4) is 0 Å². The molecule has 186 valence electrons. The van der Waals surface area contributed by atoms with Gasteiger partial charge in [-0.05, 0) is 54.6 Å². The first-order chi connectivity index (χ1) is 17.4. The van der Waals surface area contributed by atoms with Crippen molar-refractivity contribution in [3.8, 4) is 5.75 Å². The highest BCUT2D eigenvalue weighted by molar-refractivity contribution is 6.36. The average Bonchev–Trinajstić information content (AvgIpc) is 2.88. The van der Waals surface area contributed by atoms with Gasteiger partial charge in [0.2, 0.25) is 5.91 Å². The maximum absolute atomic E-state index is 12.8. The Morgan fingerprint density at radius 3 is 2.31 bits per heavy atom. The number of carbonyl (C=O) groups excluding carboxylic acids is 2. The number of rotatable bonds is 6. The van der Waals surface area contributed by atoms with E-state index < -0.39 is 0 Å². The monoisotopic (exact) mass is 543 g/mol. The lowest BCUT2D eigenvalue weighted by molar-refractivity contribution is -0.111. The predicted molar refractivity (Wildman–Crippen MR) is 147 cm³/mol. The zero-order valence-corrected chi connectivity index (χ0v) is 21.8. The van der Waals surface area contributed by atoms with Gasteiger partial charge in [0, 0.05) is 53.4 Å². The first-order valence-corrected chi connectivity index (χ1v) is 12.4. The van der Waals surface area contributed by atoms with Crippen molar-refractivity contribution in [2.75, 3.05) is 43.5 Å². The first-order valence-electron chi connectivity index (χ1n) is 11.3. The maximum Gasteiger partial charge on any atom is 0.253 e. The van der Waals surface area contributed by atoms with Crippen LogP contribution in [0.5, 0.6) is 5.75 Å². The van der Waals surface area contributed by atoms with Gasteiger partial charge in [-0.2, -0.15) is 0 Å². The van der Waals surface area contributed by atoms with Gasteiger partial charge in [-0.15, -0.1) is 0 Å². The zero-order chi connectivity index (χ0) is 25.7.